The number of carbonyl (C=O) groups is 1. The molecule has 1 fully saturated rings. The van der Waals surface area contributed by atoms with Gasteiger partial charge in [0, 0.05) is 23.9 Å². The number of nitrogens with one attached hydrogen (secondary N) is 1. The summed E-state index contributed by atoms with van der Waals surface area (Å²) in [6, 6.07) is 9.93. The van der Waals surface area contributed by atoms with Crippen LogP contribution in [0, 0.1) is 12.7 Å². The molecule has 1 heterocycles. The lowest BCUT2D eigenvalue weighted by atomic mass is 10.0. The molecule has 1 aliphatic rings. The Hall–Kier alpha value is -2.76. The number of carbonyl (C=O) groups excluding carboxylic acids is 1. The number of hydrogen-bond donors (Lipinski definition) is 1. The van der Waals surface area contributed by atoms with E-state index in [1.54, 1.807) is 38.2 Å². The van der Waals surface area contributed by atoms with Gasteiger partial charge in [0.15, 0.2) is 0 Å². The van der Waals surface area contributed by atoms with E-state index >= 15 is 0 Å². The third-order valence-electron chi connectivity index (χ3n) is 4.72. The molecule has 3 rings (SSSR count). The molecule has 2 aromatic rings. The lowest BCUT2D eigenvalue weighted by Crippen LogP contribution is -2.34. The fourth-order valence-corrected chi connectivity index (χ4v) is 3.34. The van der Waals surface area contributed by atoms with E-state index in [0.29, 0.717) is 29.3 Å². The molecule has 0 radical (unpaired) electrons. The topological polar surface area (TPSA) is 50.8 Å². The first-order valence-corrected chi connectivity index (χ1v) is 8.59. The van der Waals surface area contributed by atoms with Crippen molar-refractivity contribution in [3.05, 3.63) is 53.3 Å². The molecule has 0 aliphatic carbocycles. The van der Waals surface area contributed by atoms with Crippen LogP contribution in [0.25, 0.3) is 0 Å². The third kappa shape index (κ3) is 3.59. The molecule has 6 heteroatoms. The van der Waals surface area contributed by atoms with Gasteiger partial charge >= 0.3 is 6.03 Å². The summed E-state index contributed by atoms with van der Waals surface area (Å²) < 4.78 is 24.2. The second kappa shape index (κ2) is 7.64. The molecule has 2 amide bonds. The number of urea groups is 1. The molecular formula is C20H23FN2O3. The summed E-state index contributed by atoms with van der Waals surface area (Å²) in [4.78, 5) is 14.6. The number of anilines is 1. The average Bonchev–Trinajstić information content (AvgIpc) is 3.13. The molecule has 1 atom stereocenters. The van der Waals surface area contributed by atoms with Crippen molar-refractivity contribution >= 4 is 11.7 Å². The Bertz CT molecular complexity index is 810. The van der Waals surface area contributed by atoms with Crippen molar-refractivity contribution in [3.63, 3.8) is 0 Å². The standard InChI is InChI=1S/C20H23FN2O3/c1-13-11-14(6-9-17(13)21)22-20(24)23-10-4-5-18(23)16-8-7-15(25-2)12-19(16)26-3/h6-9,11-12,18H,4-5,10H2,1-3H3,(H,22,24). The molecule has 138 valence electrons. The van der Waals surface area contributed by atoms with Crippen LogP contribution in [0.5, 0.6) is 11.5 Å². The Labute approximate surface area is 152 Å². The number of methoxy groups -OCH3 is 2. The van der Waals surface area contributed by atoms with Crippen LogP contribution in [-0.4, -0.2) is 31.7 Å². The van der Waals surface area contributed by atoms with E-state index in [9.17, 15) is 9.18 Å². The lowest BCUT2D eigenvalue weighted by molar-refractivity contribution is 0.206. The molecule has 26 heavy (non-hydrogen) atoms. The van der Waals surface area contributed by atoms with Crippen LogP contribution in [0.2, 0.25) is 0 Å². The average molecular weight is 358 g/mol. The Morgan fingerprint density at radius 3 is 2.69 bits per heavy atom. The number of ether oxygens (including phenoxy) is 2. The van der Waals surface area contributed by atoms with Gasteiger partial charge in [-0.1, -0.05) is 0 Å². The lowest BCUT2D eigenvalue weighted by Gasteiger charge is -2.27. The fourth-order valence-electron chi connectivity index (χ4n) is 3.34. The predicted molar refractivity (Wildman–Crippen MR) is 98.4 cm³/mol. The summed E-state index contributed by atoms with van der Waals surface area (Å²) in [7, 11) is 3.22. The zero-order valence-corrected chi connectivity index (χ0v) is 15.2. The molecule has 0 aromatic heterocycles. The molecule has 1 aliphatic heterocycles. The highest BCUT2D eigenvalue weighted by atomic mass is 19.1. The van der Waals surface area contributed by atoms with E-state index in [1.165, 1.54) is 6.07 Å². The number of hydrogen-bond acceptors (Lipinski definition) is 3. The van der Waals surface area contributed by atoms with Gasteiger partial charge in [-0.05, 0) is 55.7 Å². The van der Waals surface area contributed by atoms with E-state index in [-0.39, 0.29) is 17.9 Å². The second-order valence-electron chi connectivity index (χ2n) is 6.35. The van der Waals surface area contributed by atoms with Gasteiger partial charge in [-0.3, -0.25) is 0 Å². The van der Waals surface area contributed by atoms with Gasteiger partial charge < -0.3 is 19.7 Å². The van der Waals surface area contributed by atoms with Gasteiger partial charge in [0.05, 0.1) is 20.3 Å². The van der Waals surface area contributed by atoms with Crippen LogP contribution in [0.3, 0.4) is 0 Å². The summed E-state index contributed by atoms with van der Waals surface area (Å²) >= 11 is 0. The van der Waals surface area contributed by atoms with E-state index in [2.05, 4.69) is 5.32 Å². The minimum atomic E-state index is -0.287. The molecule has 1 N–H and O–H groups in total. The van der Waals surface area contributed by atoms with Crippen molar-refractivity contribution in [1.82, 2.24) is 4.90 Å². The van der Waals surface area contributed by atoms with E-state index < -0.39 is 0 Å². The molecule has 1 unspecified atom stereocenters. The van der Waals surface area contributed by atoms with E-state index in [1.807, 2.05) is 18.2 Å². The van der Waals surface area contributed by atoms with Crippen LogP contribution in [0.15, 0.2) is 36.4 Å². The predicted octanol–water partition coefficient (Wildman–Crippen LogP) is 4.52. The molecular weight excluding hydrogens is 335 g/mol. The minimum Gasteiger partial charge on any atom is -0.497 e. The summed E-state index contributed by atoms with van der Waals surface area (Å²) in [5.41, 5.74) is 2.04. The SMILES string of the molecule is COc1ccc(C2CCCN2C(=O)Nc2ccc(F)c(C)c2)c(OC)c1. The van der Waals surface area contributed by atoms with Crippen molar-refractivity contribution in [3.8, 4) is 11.5 Å². The Kier molecular flexibility index (Phi) is 5.30. The van der Waals surface area contributed by atoms with Gasteiger partial charge in [0.25, 0.3) is 0 Å². The first-order valence-electron chi connectivity index (χ1n) is 8.59. The van der Waals surface area contributed by atoms with Crippen LogP contribution >= 0.6 is 0 Å². The van der Waals surface area contributed by atoms with Crippen molar-refractivity contribution in [1.29, 1.82) is 0 Å². The number of aryl methyl sites for hydroxylation is 1. The van der Waals surface area contributed by atoms with Crippen molar-refractivity contribution in [2.24, 2.45) is 0 Å². The third-order valence-corrected chi connectivity index (χ3v) is 4.72. The monoisotopic (exact) mass is 358 g/mol. The Morgan fingerprint density at radius 2 is 2.00 bits per heavy atom. The summed E-state index contributed by atoms with van der Waals surface area (Å²) in [6.45, 7) is 2.33. The number of nitrogens with zero attached hydrogens (tertiary/aromatic N) is 1. The molecule has 2 aromatic carbocycles. The smallest absolute Gasteiger partial charge is 0.322 e. The largest absolute Gasteiger partial charge is 0.497 e. The van der Waals surface area contributed by atoms with Gasteiger partial charge in [0.1, 0.15) is 17.3 Å². The molecule has 0 saturated carbocycles. The molecule has 0 spiro atoms. The Balaban J connectivity index is 1.81. The van der Waals surface area contributed by atoms with Crippen molar-refractivity contribution in [2.75, 3.05) is 26.1 Å². The first-order chi connectivity index (χ1) is 12.5. The zero-order chi connectivity index (χ0) is 18.7. The maximum absolute atomic E-state index is 13.4. The molecule has 0 bridgehead atoms. The quantitative estimate of drug-likeness (QED) is 0.874. The molecule has 5 nitrogen and oxygen atoms in total. The summed E-state index contributed by atoms with van der Waals surface area (Å²) in [6.07, 6.45) is 1.77. The van der Waals surface area contributed by atoms with Crippen molar-refractivity contribution < 1.29 is 18.7 Å². The normalized spacial score (nSPS) is 16.5. The van der Waals surface area contributed by atoms with Crippen LogP contribution in [0.4, 0.5) is 14.9 Å². The van der Waals surface area contributed by atoms with Gasteiger partial charge in [-0.15, -0.1) is 0 Å². The van der Waals surface area contributed by atoms with Crippen LogP contribution in [-0.2, 0) is 0 Å². The highest BCUT2D eigenvalue weighted by Crippen LogP contribution is 2.39. The number of benzene rings is 2. The number of amides is 2. The minimum absolute atomic E-state index is 0.0719. The molecule has 1 saturated heterocycles. The van der Waals surface area contributed by atoms with Gasteiger partial charge in [-0.25, -0.2) is 9.18 Å². The second-order valence-corrected chi connectivity index (χ2v) is 6.35. The van der Waals surface area contributed by atoms with Gasteiger partial charge in [-0.2, -0.15) is 0 Å². The summed E-state index contributed by atoms with van der Waals surface area (Å²) in [5.74, 6) is 1.12. The Morgan fingerprint density at radius 1 is 1.19 bits per heavy atom. The van der Waals surface area contributed by atoms with E-state index in [4.69, 9.17) is 9.47 Å². The number of likely N-dealkylation sites (tertiary alicyclic amines) is 1. The summed E-state index contributed by atoms with van der Waals surface area (Å²) in [5, 5.41) is 2.87. The highest BCUT2D eigenvalue weighted by Gasteiger charge is 2.32. The highest BCUT2D eigenvalue weighted by molar-refractivity contribution is 5.90. The van der Waals surface area contributed by atoms with Crippen molar-refractivity contribution in [2.45, 2.75) is 25.8 Å². The maximum atomic E-state index is 13.4. The van der Waals surface area contributed by atoms with Crippen LogP contribution < -0.4 is 14.8 Å². The van der Waals surface area contributed by atoms with Crippen LogP contribution in [0.1, 0.15) is 30.0 Å². The fraction of sp³-hybridized carbons (Fsp3) is 0.350. The first kappa shape index (κ1) is 18.0. The number of rotatable bonds is 4. The maximum Gasteiger partial charge on any atom is 0.322 e. The zero-order valence-electron chi connectivity index (χ0n) is 15.2. The van der Waals surface area contributed by atoms with E-state index in [0.717, 1.165) is 18.4 Å². The van der Waals surface area contributed by atoms with Gasteiger partial charge in [0.2, 0.25) is 0 Å². The number of halogens is 1.